The molecule has 3 atom stereocenters. The van der Waals surface area contributed by atoms with E-state index in [0.29, 0.717) is 6.42 Å². The number of carbonyl (C=O) groups excluding carboxylic acids is 1. The van der Waals surface area contributed by atoms with Crippen molar-refractivity contribution in [2.24, 2.45) is 17.8 Å². The number of ether oxygens (including phenoxy) is 2. The third-order valence-electron chi connectivity index (χ3n) is 9.80. The Morgan fingerprint density at radius 2 is 1.44 bits per heavy atom. The molecule has 0 amide bonds. The van der Waals surface area contributed by atoms with Crippen LogP contribution in [0.2, 0.25) is 0 Å². The highest BCUT2D eigenvalue weighted by molar-refractivity contribution is 5.74. The van der Waals surface area contributed by atoms with Crippen LogP contribution < -0.4 is 9.47 Å². The topological polar surface area (TPSA) is 38.8 Å². The number of hydrogen-bond acceptors (Lipinski definition) is 4. The first-order valence-electron chi connectivity index (χ1n) is 17.1. The van der Waals surface area contributed by atoms with Crippen molar-refractivity contribution in [3.05, 3.63) is 22.3 Å². The fourth-order valence-electron chi connectivity index (χ4n) is 6.56. The van der Waals surface area contributed by atoms with Crippen molar-refractivity contribution in [1.82, 2.24) is 4.90 Å². The molecule has 0 bridgehead atoms. The second kappa shape index (κ2) is 17.5. The molecule has 0 saturated heterocycles. The van der Waals surface area contributed by atoms with Crippen LogP contribution in [0.15, 0.2) is 0 Å². The Morgan fingerprint density at radius 1 is 0.854 bits per heavy atom. The fourth-order valence-corrected chi connectivity index (χ4v) is 6.56. The van der Waals surface area contributed by atoms with Gasteiger partial charge in [-0.3, -0.25) is 4.79 Å². The third kappa shape index (κ3) is 11.6. The normalized spacial score (nSPS) is 18.3. The van der Waals surface area contributed by atoms with Crippen LogP contribution in [0.3, 0.4) is 0 Å². The highest BCUT2D eigenvalue weighted by atomic mass is 16.5. The van der Waals surface area contributed by atoms with Gasteiger partial charge in [0.05, 0.1) is 0 Å². The number of hydrogen-bond donors (Lipinski definition) is 0. The second-order valence-electron chi connectivity index (χ2n) is 14.0. The number of esters is 1. The van der Waals surface area contributed by atoms with Gasteiger partial charge >= 0.3 is 5.97 Å². The van der Waals surface area contributed by atoms with Gasteiger partial charge in [0.25, 0.3) is 0 Å². The molecule has 0 unspecified atom stereocenters. The zero-order chi connectivity index (χ0) is 30.6. The second-order valence-corrected chi connectivity index (χ2v) is 14.0. The number of carbonyl (C=O) groups is 1. The lowest BCUT2D eigenvalue weighted by molar-refractivity contribution is -0.134. The van der Waals surface area contributed by atoms with Crippen LogP contribution in [0.1, 0.15) is 148 Å². The van der Waals surface area contributed by atoms with Crippen LogP contribution in [0.5, 0.6) is 11.5 Å². The summed E-state index contributed by atoms with van der Waals surface area (Å²) in [4.78, 5) is 15.1. The molecule has 1 aliphatic heterocycles. The Balaban J connectivity index is 1.86. The van der Waals surface area contributed by atoms with Gasteiger partial charge in [0.1, 0.15) is 17.1 Å². The van der Waals surface area contributed by atoms with Gasteiger partial charge in [-0.1, -0.05) is 86.5 Å². The van der Waals surface area contributed by atoms with E-state index in [9.17, 15) is 4.79 Å². The molecule has 0 aliphatic carbocycles. The average Bonchev–Trinajstić information content (AvgIpc) is 2.92. The number of fused-ring (bicyclic) bond motifs is 1. The smallest absolute Gasteiger partial charge is 0.311 e. The van der Waals surface area contributed by atoms with Crippen molar-refractivity contribution in [3.8, 4) is 11.5 Å². The summed E-state index contributed by atoms with van der Waals surface area (Å²) in [5, 5.41) is 0. The van der Waals surface area contributed by atoms with Gasteiger partial charge in [-0.15, -0.1) is 0 Å². The van der Waals surface area contributed by atoms with Crippen molar-refractivity contribution >= 4 is 5.97 Å². The molecule has 1 aromatic carbocycles. The van der Waals surface area contributed by atoms with Crippen LogP contribution in [0.25, 0.3) is 0 Å². The predicted molar refractivity (Wildman–Crippen MR) is 175 cm³/mol. The van der Waals surface area contributed by atoms with Crippen molar-refractivity contribution in [3.63, 3.8) is 0 Å². The van der Waals surface area contributed by atoms with E-state index in [2.05, 4.69) is 74.1 Å². The first-order valence-corrected chi connectivity index (χ1v) is 17.1. The fraction of sp³-hybridized carbons (Fsp3) is 0.811. The molecule has 41 heavy (non-hydrogen) atoms. The van der Waals surface area contributed by atoms with Gasteiger partial charge in [0.2, 0.25) is 0 Å². The largest absolute Gasteiger partial charge is 0.487 e. The third-order valence-corrected chi connectivity index (χ3v) is 9.80. The summed E-state index contributed by atoms with van der Waals surface area (Å²) in [6.07, 6.45) is 15.1. The molecule has 1 aliphatic rings. The van der Waals surface area contributed by atoms with Crippen LogP contribution in [-0.2, 0) is 11.2 Å². The van der Waals surface area contributed by atoms with Gasteiger partial charge in [0, 0.05) is 12.0 Å². The molecule has 4 nitrogen and oxygen atoms in total. The molecule has 0 spiro atoms. The van der Waals surface area contributed by atoms with Crippen LogP contribution in [0, 0.1) is 38.5 Å². The van der Waals surface area contributed by atoms with Gasteiger partial charge in [-0.2, -0.15) is 0 Å². The molecule has 0 N–H and O–H groups in total. The lowest BCUT2D eigenvalue weighted by Gasteiger charge is -2.38. The van der Waals surface area contributed by atoms with Gasteiger partial charge in [-0.25, -0.2) is 0 Å². The Morgan fingerprint density at radius 3 is 2.02 bits per heavy atom. The summed E-state index contributed by atoms with van der Waals surface area (Å²) in [5.41, 5.74) is 4.35. The SMILES string of the molecule is CCN(CC)CCCC(=O)Oc1c(C)c(C)c2c(c1C)CC[C@@](C)(CCC[C@H](C)CCC[C@H](C)CCCC(C)C)O2. The lowest BCUT2D eigenvalue weighted by Crippen LogP contribution is -2.37. The van der Waals surface area contributed by atoms with Crippen molar-refractivity contribution in [1.29, 1.82) is 0 Å². The summed E-state index contributed by atoms with van der Waals surface area (Å²) >= 11 is 0. The predicted octanol–water partition coefficient (Wildman–Crippen LogP) is 10.2. The van der Waals surface area contributed by atoms with Crippen molar-refractivity contribution < 1.29 is 14.3 Å². The monoisotopic (exact) mass is 571 g/mol. The average molecular weight is 572 g/mol. The minimum Gasteiger partial charge on any atom is -0.487 e. The van der Waals surface area contributed by atoms with E-state index in [0.717, 1.165) is 91.3 Å². The number of rotatable bonds is 19. The maximum Gasteiger partial charge on any atom is 0.311 e. The van der Waals surface area contributed by atoms with E-state index < -0.39 is 0 Å². The van der Waals surface area contributed by atoms with Gasteiger partial charge < -0.3 is 14.4 Å². The van der Waals surface area contributed by atoms with Crippen molar-refractivity contribution in [2.45, 2.75) is 158 Å². The molecule has 0 saturated carbocycles. The molecule has 2 rings (SSSR count). The Hall–Kier alpha value is -1.55. The number of nitrogens with zero attached hydrogens (tertiary/aromatic N) is 1. The molecule has 0 radical (unpaired) electrons. The quantitative estimate of drug-likeness (QED) is 0.122. The zero-order valence-corrected chi connectivity index (χ0v) is 28.7. The molecule has 4 heteroatoms. The van der Waals surface area contributed by atoms with E-state index in [-0.39, 0.29) is 11.6 Å². The standard InChI is InChI=1S/C37H65NO3/c1-11-38(12-2)26-16-22-34(39)40-35-30(7)31(8)36-33(32(35)9)23-25-37(10,41-36)24-15-21-29(6)20-14-19-28(5)18-13-17-27(3)4/h27-29H,11-26H2,1-10H3/t28-,29-,37-/m1/s1. The summed E-state index contributed by atoms with van der Waals surface area (Å²) in [5.74, 6) is 4.15. The zero-order valence-electron chi connectivity index (χ0n) is 28.7. The molecule has 236 valence electrons. The number of benzene rings is 1. The molecule has 0 aromatic heterocycles. The molecule has 1 heterocycles. The Labute approximate surface area is 254 Å². The van der Waals surface area contributed by atoms with E-state index in [4.69, 9.17) is 9.47 Å². The van der Waals surface area contributed by atoms with Crippen LogP contribution >= 0.6 is 0 Å². The van der Waals surface area contributed by atoms with E-state index in [1.54, 1.807) is 0 Å². The summed E-state index contributed by atoms with van der Waals surface area (Å²) in [6, 6.07) is 0. The van der Waals surface area contributed by atoms with E-state index in [1.807, 2.05) is 0 Å². The summed E-state index contributed by atoms with van der Waals surface area (Å²) < 4.78 is 12.8. The van der Waals surface area contributed by atoms with Gasteiger partial charge in [-0.05, 0) is 114 Å². The molecule has 1 aromatic rings. The summed E-state index contributed by atoms with van der Waals surface area (Å²) in [6.45, 7) is 25.4. The highest BCUT2D eigenvalue weighted by Crippen LogP contribution is 2.45. The Kier molecular flexibility index (Phi) is 15.2. The van der Waals surface area contributed by atoms with Crippen LogP contribution in [-0.4, -0.2) is 36.1 Å². The first kappa shape index (κ1) is 35.6. The minimum atomic E-state index is -0.126. The minimum absolute atomic E-state index is 0.121. The van der Waals surface area contributed by atoms with Crippen LogP contribution in [0.4, 0.5) is 0 Å². The lowest BCUT2D eigenvalue weighted by atomic mass is 9.83. The van der Waals surface area contributed by atoms with Crippen molar-refractivity contribution in [2.75, 3.05) is 19.6 Å². The highest BCUT2D eigenvalue weighted by Gasteiger charge is 2.34. The molecular weight excluding hydrogens is 506 g/mol. The van der Waals surface area contributed by atoms with E-state index in [1.165, 1.54) is 56.9 Å². The molecule has 0 fully saturated rings. The maximum atomic E-state index is 12.7. The van der Waals surface area contributed by atoms with E-state index >= 15 is 0 Å². The molecular formula is C37H65NO3. The summed E-state index contributed by atoms with van der Waals surface area (Å²) in [7, 11) is 0. The van der Waals surface area contributed by atoms with Gasteiger partial charge in [0.15, 0.2) is 0 Å². The maximum absolute atomic E-state index is 12.7. The first-order chi connectivity index (χ1) is 19.4. The Bertz CT molecular complexity index is 935.